The van der Waals surface area contributed by atoms with Crippen LogP contribution in [0.3, 0.4) is 0 Å². The van der Waals surface area contributed by atoms with Crippen molar-refractivity contribution in [3.63, 3.8) is 0 Å². The molecule has 0 radical (unpaired) electrons. The molecule has 0 unspecified atom stereocenters. The lowest BCUT2D eigenvalue weighted by Gasteiger charge is -2.08. The Morgan fingerprint density at radius 3 is 1.89 bits per heavy atom. The van der Waals surface area contributed by atoms with E-state index in [1.165, 1.54) is 18.3 Å². The summed E-state index contributed by atoms with van der Waals surface area (Å²) in [6.45, 7) is 0. The fraction of sp³-hybridized carbons (Fsp3) is 0. The summed E-state index contributed by atoms with van der Waals surface area (Å²) in [5.41, 5.74) is 7.06. The molecule has 4 rings (SSSR count). The number of hydrogen-bond donors (Lipinski definition) is 1. The van der Waals surface area contributed by atoms with Gasteiger partial charge in [-0.05, 0) is 23.8 Å². The van der Waals surface area contributed by atoms with Crippen LogP contribution in [0.1, 0.15) is 5.56 Å². The van der Waals surface area contributed by atoms with Gasteiger partial charge in [-0.1, -0.05) is 72.8 Å². The summed E-state index contributed by atoms with van der Waals surface area (Å²) in [6.07, 6.45) is 1.53. The molecular formula is C23H17FN4. The third-order valence-corrected chi connectivity index (χ3v) is 4.09. The predicted molar refractivity (Wildman–Crippen MR) is 111 cm³/mol. The van der Waals surface area contributed by atoms with E-state index in [4.69, 9.17) is 0 Å². The summed E-state index contributed by atoms with van der Waals surface area (Å²) in [5, 5.41) is 4.16. The summed E-state index contributed by atoms with van der Waals surface area (Å²) >= 11 is 0. The first kappa shape index (κ1) is 17.5. The summed E-state index contributed by atoms with van der Waals surface area (Å²) in [5.74, 6) is 0.0606. The maximum Gasteiger partial charge on any atom is 0.244 e. The second kappa shape index (κ2) is 8.22. The fourth-order valence-corrected chi connectivity index (χ4v) is 2.76. The molecule has 0 fully saturated rings. The molecule has 0 saturated carbocycles. The number of nitrogens with zero attached hydrogens (tertiary/aromatic N) is 3. The van der Waals surface area contributed by atoms with Crippen molar-refractivity contribution in [2.75, 3.05) is 5.43 Å². The number of benzene rings is 3. The first-order valence-electron chi connectivity index (χ1n) is 8.82. The van der Waals surface area contributed by atoms with Gasteiger partial charge in [-0.15, -0.1) is 0 Å². The van der Waals surface area contributed by atoms with Gasteiger partial charge in [0.25, 0.3) is 0 Å². The van der Waals surface area contributed by atoms with E-state index in [0.29, 0.717) is 11.5 Å². The molecule has 0 spiro atoms. The highest BCUT2D eigenvalue weighted by Gasteiger charge is 2.08. The Balaban J connectivity index is 1.68. The molecule has 0 aliphatic carbocycles. The highest BCUT2D eigenvalue weighted by Crippen LogP contribution is 2.25. The lowest BCUT2D eigenvalue weighted by molar-refractivity contribution is 0.627. The topological polar surface area (TPSA) is 50.2 Å². The standard InChI is InChI=1S/C23H17FN4/c24-20-13-7-8-17(14-20)16-25-28-23-26-21(18-9-3-1-4-10-18)15-22(27-23)19-11-5-2-6-12-19/h1-16H,(H,26,27,28). The number of hydrogen-bond acceptors (Lipinski definition) is 4. The summed E-state index contributed by atoms with van der Waals surface area (Å²) in [6, 6.07) is 27.9. The largest absolute Gasteiger partial charge is 0.245 e. The summed E-state index contributed by atoms with van der Waals surface area (Å²) < 4.78 is 13.3. The van der Waals surface area contributed by atoms with Gasteiger partial charge < -0.3 is 0 Å². The van der Waals surface area contributed by atoms with Crippen LogP contribution in [0.25, 0.3) is 22.5 Å². The van der Waals surface area contributed by atoms with E-state index in [1.54, 1.807) is 12.1 Å². The maximum absolute atomic E-state index is 13.3. The Bertz CT molecular complexity index is 1040. The third-order valence-electron chi connectivity index (χ3n) is 4.09. The zero-order valence-corrected chi connectivity index (χ0v) is 15.0. The molecule has 136 valence electrons. The highest BCUT2D eigenvalue weighted by molar-refractivity contribution is 5.80. The first-order chi connectivity index (χ1) is 13.8. The van der Waals surface area contributed by atoms with Crippen LogP contribution in [0.4, 0.5) is 10.3 Å². The van der Waals surface area contributed by atoms with Crippen LogP contribution in [-0.4, -0.2) is 16.2 Å². The Labute approximate surface area is 162 Å². The van der Waals surface area contributed by atoms with E-state index in [9.17, 15) is 4.39 Å². The number of anilines is 1. The van der Waals surface area contributed by atoms with Gasteiger partial charge in [0, 0.05) is 11.1 Å². The van der Waals surface area contributed by atoms with E-state index >= 15 is 0 Å². The number of rotatable bonds is 5. The van der Waals surface area contributed by atoms with Crippen LogP contribution >= 0.6 is 0 Å². The number of halogens is 1. The molecule has 0 bridgehead atoms. The van der Waals surface area contributed by atoms with Gasteiger partial charge in [-0.25, -0.2) is 19.8 Å². The summed E-state index contributed by atoms with van der Waals surface area (Å²) in [4.78, 5) is 9.14. The fourth-order valence-electron chi connectivity index (χ4n) is 2.76. The van der Waals surface area contributed by atoms with Gasteiger partial charge in [0.2, 0.25) is 5.95 Å². The van der Waals surface area contributed by atoms with Crippen molar-refractivity contribution >= 4 is 12.2 Å². The van der Waals surface area contributed by atoms with Crippen molar-refractivity contribution in [3.05, 3.63) is 102 Å². The van der Waals surface area contributed by atoms with Crippen LogP contribution in [0.15, 0.2) is 96.1 Å². The minimum atomic E-state index is -0.308. The predicted octanol–water partition coefficient (Wildman–Crippen LogP) is 5.40. The Kier molecular flexibility index (Phi) is 5.15. The van der Waals surface area contributed by atoms with Crippen LogP contribution in [0.2, 0.25) is 0 Å². The van der Waals surface area contributed by atoms with Gasteiger partial charge in [-0.2, -0.15) is 5.10 Å². The van der Waals surface area contributed by atoms with Crippen molar-refractivity contribution in [3.8, 4) is 22.5 Å². The quantitative estimate of drug-likeness (QED) is 0.379. The lowest BCUT2D eigenvalue weighted by atomic mass is 10.1. The van der Waals surface area contributed by atoms with Crippen molar-refractivity contribution in [2.24, 2.45) is 5.10 Å². The van der Waals surface area contributed by atoms with Gasteiger partial charge >= 0.3 is 0 Å². The molecule has 0 aliphatic rings. The minimum Gasteiger partial charge on any atom is -0.245 e. The van der Waals surface area contributed by atoms with Crippen molar-refractivity contribution in [1.82, 2.24) is 9.97 Å². The Morgan fingerprint density at radius 2 is 1.32 bits per heavy atom. The van der Waals surface area contributed by atoms with Crippen molar-refractivity contribution in [2.45, 2.75) is 0 Å². The number of aromatic nitrogens is 2. The van der Waals surface area contributed by atoms with Crippen LogP contribution in [-0.2, 0) is 0 Å². The molecule has 5 heteroatoms. The Hall–Kier alpha value is -3.86. The molecule has 28 heavy (non-hydrogen) atoms. The molecule has 4 nitrogen and oxygen atoms in total. The first-order valence-corrected chi connectivity index (χ1v) is 8.82. The average molecular weight is 368 g/mol. The van der Waals surface area contributed by atoms with E-state index in [2.05, 4.69) is 20.5 Å². The zero-order valence-electron chi connectivity index (χ0n) is 15.0. The maximum atomic E-state index is 13.3. The number of hydrazone groups is 1. The van der Waals surface area contributed by atoms with E-state index in [0.717, 1.165) is 22.5 Å². The summed E-state index contributed by atoms with van der Waals surface area (Å²) in [7, 11) is 0. The zero-order chi connectivity index (χ0) is 19.2. The molecule has 0 amide bonds. The SMILES string of the molecule is Fc1cccc(C=NNc2nc(-c3ccccc3)cc(-c3ccccc3)n2)c1. The van der Waals surface area contributed by atoms with Gasteiger partial charge in [-0.3, -0.25) is 0 Å². The van der Waals surface area contributed by atoms with Crippen molar-refractivity contribution < 1.29 is 4.39 Å². The molecular weight excluding hydrogens is 351 g/mol. The van der Waals surface area contributed by atoms with Crippen LogP contribution < -0.4 is 5.43 Å². The molecule has 4 aromatic rings. The Morgan fingerprint density at radius 1 is 0.714 bits per heavy atom. The molecule has 0 saturated heterocycles. The molecule has 1 heterocycles. The van der Waals surface area contributed by atoms with Crippen molar-refractivity contribution in [1.29, 1.82) is 0 Å². The normalized spacial score (nSPS) is 10.9. The van der Waals surface area contributed by atoms with E-state index in [-0.39, 0.29) is 5.82 Å². The minimum absolute atomic E-state index is 0.308. The van der Waals surface area contributed by atoms with Gasteiger partial charge in [0.05, 0.1) is 17.6 Å². The molecule has 0 aliphatic heterocycles. The lowest BCUT2D eigenvalue weighted by Crippen LogP contribution is -2.00. The smallest absolute Gasteiger partial charge is 0.244 e. The van der Waals surface area contributed by atoms with Gasteiger partial charge in [0.15, 0.2) is 0 Å². The van der Waals surface area contributed by atoms with Crippen LogP contribution in [0, 0.1) is 5.82 Å². The molecule has 0 atom stereocenters. The monoisotopic (exact) mass is 368 g/mol. The highest BCUT2D eigenvalue weighted by atomic mass is 19.1. The molecule has 3 aromatic carbocycles. The number of nitrogens with one attached hydrogen (secondary N) is 1. The molecule has 1 aromatic heterocycles. The third kappa shape index (κ3) is 4.27. The van der Waals surface area contributed by atoms with E-state index < -0.39 is 0 Å². The second-order valence-electron chi connectivity index (χ2n) is 6.12. The van der Waals surface area contributed by atoms with E-state index in [1.807, 2.05) is 66.7 Å². The molecule has 1 N–H and O–H groups in total. The van der Waals surface area contributed by atoms with Crippen LogP contribution in [0.5, 0.6) is 0 Å². The van der Waals surface area contributed by atoms with Gasteiger partial charge in [0.1, 0.15) is 5.82 Å². The average Bonchev–Trinajstić information content (AvgIpc) is 2.75. The second-order valence-corrected chi connectivity index (χ2v) is 6.12.